The van der Waals surface area contributed by atoms with Gasteiger partial charge in [-0.3, -0.25) is 0 Å². The van der Waals surface area contributed by atoms with E-state index in [1.54, 1.807) is 18.0 Å². The number of nitrogens with zero attached hydrogens (tertiary/aromatic N) is 3. The van der Waals surface area contributed by atoms with Crippen molar-refractivity contribution in [3.63, 3.8) is 0 Å². The highest BCUT2D eigenvalue weighted by Gasteiger charge is 2.54. The van der Waals surface area contributed by atoms with Crippen molar-refractivity contribution >= 4 is 23.5 Å². The van der Waals surface area contributed by atoms with Gasteiger partial charge in [0.15, 0.2) is 0 Å². The summed E-state index contributed by atoms with van der Waals surface area (Å²) >= 11 is 1.74. The average molecular weight is 449 g/mol. The lowest BCUT2D eigenvalue weighted by molar-refractivity contribution is -0.0674. The molecule has 0 aliphatic heterocycles. The number of rotatable bonds is 8. The number of hydrogen-bond acceptors (Lipinski definition) is 7. The van der Waals surface area contributed by atoms with Gasteiger partial charge in [0.05, 0.1) is 6.20 Å². The SMILES string of the molecule is CNC1C2CC3CC1CC(CNc1nc(NCc4ccccc4SC)ncc1C#N)(C3)C2. The maximum absolute atomic E-state index is 9.61. The minimum Gasteiger partial charge on any atom is -0.368 e. The zero-order chi connectivity index (χ0) is 22.1. The first kappa shape index (κ1) is 21.5. The van der Waals surface area contributed by atoms with E-state index in [-0.39, 0.29) is 0 Å². The first-order valence-corrected chi connectivity index (χ1v) is 12.9. The second-order valence-corrected chi connectivity index (χ2v) is 10.7. The minimum absolute atomic E-state index is 0.340. The molecule has 4 aliphatic rings. The van der Waals surface area contributed by atoms with Crippen LogP contribution in [0.1, 0.15) is 43.2 Å². The molecule has 2 aromatic rings. The summed E-state index contributed by atoms with van der Waals surface area (Å²) in [6.07, 6.45) is 10.4. The minimum atomic E-state index is 0.340. The van der Waals surface area contributed by atoms with Crippen molar-refractivity contribution in [1.82, 2.24) is 15.3 Å². The Morgan fingerprint density at radius 3 is 2.66 bits per heavy atom. The highest BCUT2D eigenvalue weighted by atomic mass is 32.2. The zero-order valence-electron chi connectivity index (χ0n) is 18.9. The molecule has 3 N–H and O–H groups in total. The number of nitriles is 1. The van der Waals surface area contributed by atoms with Gasteiger partial charge in [-0.25, -0.2) is 4.98 Å². The van der Waals surface area contributed by atoms with Gasteiger partial charge in [-0.1, -0.05) is 18.2 Å². The summed E-state index contributed by atoms with van der Waals surface area (Å²) in [6.45, 7) is 1.55. The van der Waals surface area contributed by atoms with Crippen LogP contribution in [0.2, 0.25) is 0 Å². The van der Waals surface area contributed by atoms with Gasteiger partial charge in [-0.05, 0) is 80.2 Å². The lowest BCUT2D eigenvalue weighted by atomic mass is 9.48. The van der Waals surface area contributed by atoms with Crippen molar-refractivity contribution < 1.29 is 0 Å². The first-order chi connectivity index (χ1) is 15.6. The Labute approximate surface area is 195 Å². The van der Waals surface area contributed by atoms with E-state index in [9.17, 15) is 5.26 Å². The molecule has 0 amide bonds. The summed E-state index contributed by atoms with van der Waals surface area (Å²) in [5, 5.41) is 20.1. The number of nitrogens with one attached hydrogen (secondary N) is 3. The quantitative estimate of drug-likeness (QED) is 0.512. The summed E-state index contributed by atoms with van der Waals surface area (Å²) in [6, 6.07) is 11.3. The molecule has 4 bridgehead atoms. The summed E-state index contributed by atoms with van der Waals surface area (Å²) in [5.41, 5.74) is 2.07. The Morgan fingerprint density at radius 2 is 1.94 bits per heavy atom. The van der Waals surface area contributed by atoms with Gasteiger partial charge in [0.1, 0.15) is 17.5 Å². The Morgan fingerprint density at radius 1 is 1.16 bits per heavy atom. The fourth-order valence-corrected chi connectivity index (χ4v) is 7.48. The van der Waals surface area contributed by atoms with Crippen LogP contribution in [-0.2, 0) is 6.54 Å². The molecule has 4 fully saturated rings. The lowest BCUT2D eigenvalue weighted by Crippen LogP contribution is -2.59. The lowest BCUT2D eigenvalue weighted by Gasteiger charge is -2.60. The normalized spacial score (nSPS) is 30.2. The number of benzene rings is 1. The predicted octanol–water partition coefficient (Wildman–Crippen LogP) is 4.51. The van der Waals surface area contributed by atoms with E-state index in [4.69, 9.17) is 0 Å². The van der Waals surface area contributed by atoms with Crippen LogP contribution in [0.4, 0.5) is 11.8 Å². The third-order valence-electron chi connectivity index (χ3n) is 7.90. The molecule has 4 aliphatic carbocycles. The fourth-order valence-electron chi connectivity index (χ4n) is 6.86. The second-order valence-electron chi connectivity index (χ2n) is 9.87. The molecule has 0 radical (unpaired) electrons. The summed E-state index contributed by atoms with van der Waals surface area (Å²) < 4.78 is 0. The molecular formula is C25H32N6S. The van der Waals surface area contributed by atoms with Gasteiger partial charge in [0.25, 0.3) is 0 Å². The molecule has 6 nitrogen and oxygen atoms in total. The summed E-state index contributed by atoms with van der Waals surface area (Å²) in [7, 11) is 2.13. The average Bonchev–Trinajstić information content (AvgIpc) is 2.81. The molecule has 1 heterocycles. The van der Waals surface area contributed by atoms with E-state index in [0.29, 0.717) is 35.3 Å². The van der Waals surface area contributed by atoms with Crippen LogP contribution >= 0.6 is 11.8 Å². The van der Waals surface area contributed by atoms with E-state index in [2.05, 4.69) is 63.5 Å². The van der Waals surface area contributed by atoms with Crippen LogP contribution in [0.5, 0.6) is 0 Å². The van der Waals surface area contributed by atoms with Crippen molar-refractivity contribution in [2.45, 2.75) is 49.6 Å². The Bertz CT molecular complexity index is 1000. The van der Waals surface area contributed by atoms with Gasteiger partial charge >= 0.3 is 0 Å². The monoisotopic (exact) mass is 448 g/mol. The van der Waals surface area contributed by atoms with Crippen LogP contribution in [0, 0.1) is 34.5 Å². The van der Waals surface area contributed by atoms with Gasteiger partial charge < -0.3 is 16.0 Å². The molecule has 0 spiro atoms. The second kappa shape index (κ2) is 8.92. The Hall–Kier alpha value is -2.30. The highest BCUT2D eigenvalue weighted by molar-refractivity contribution is 7.98. The van der Waals surface area contributed by atoms with Crippen LogP contribution in [0.25, 0.3) is 0 Å². The molecule has 2 atom stereocenters. The van der Waals surface area contributed by atoms with Crippen LogP contribution in [0.15, 0.2) is 35.4 Å². The molecule has 4 saturated carbocycles. The first-order valence-electron chi connectivity index (χ1n) is 11.7. The molecule has 0 saturated heterocycles. The fraction of sp³-hybridized carbons (Fsp3) is 0.560. The smallest absolute Gasteiger partial charge is 0.224 e. The van der Waals surface area contributed by atoms with Crippen molar-refractivity contribution in [2.24, 2.45) is 23.2 Å². The van der Waals surface area contributed by atoms with Crippen molar-refractivity contribution in [3.8, 4) is 6.07 Å². The molecule has 7 heteroatoms. The van der Waals surface area contributed by atoms with E-state index >= 15 is 0 Å². The number of hydrogen-bond donors (Lipinski definition) is 3. The zero-order valence-corrected chi connectivity index (χ0v) is 19.7. The van der Waals surface area contributed by atoms with Gasteiger partial charge in [-0.15, -0.1) is 11.8 Å². The molecule has 32 heavy (non-hydrogen) atoms. The molecule has 6 rings (SSSR count). The maximum atomic E-state index is 9.61. The highest BCUT2D eigenvalue weighted by Crippen LogP contribution is 2.59. The van der Waals surface area contributed by atoms with E-state index < -0.39 is 0 Å². The van der Waals surface area contributed by atoms with Crippen LogP contribution in [0.3, 0.4) is 0 Å². The maximum Gasteiger partial charge on any atom is 0.224 e. The number of thioether (sulfide) groups is 1. The van der Waals surface area contributed by atoms with Crippen molar-refractivity contribution in [1.29, 1.82) is 5.26 Å². The molecule has 1 aromatic carbocycles. The Kier molecular flexibility index (Phi) is 6.00. The molecular weight excluding hydrogens is 416 g/mol. The third kappa shape index (κ3) is 4.06. The largest absolute Gasteiger partial charge is 0.368 e. The topological polar surface area (TPSA) is 85.7 Å². The van der Waals surface area contributed by atoms with E-state index in [1.807, 2.05) is 6.07 Å². The van der Waals surface area contributed by atoms with Gasteiger partial charge in [-0.2, -0.15) is 10.2 Å². The third-order valence-corrected chi connectivity index (χ3v) is 8.74. The van der Waals surface area contributed by atoms with E-state index in [0.717, 1.165) is 24.3 Å². The van der Waals surface area contributed by atoms with Crippen LogP contribution in [-0.4, -0.2) is 35.9 Å². The Balaban J connectivity index is 1.28. The van der Waals surface area contributed by atoms with Crippen molar-refractivity contribution in [3.05, 3.63) is 41.6 Å². The van der Waals surface area contributed by atoms with E-state index in [1.165, 1.54) is 42.6 Å². The predicted molar refractivity (Wildman–Crippen MR) is 130 cm³/mol. The van der Waals surface area contributed by atoms with Gasteiger partial charge in [0, 0.05) is 24.0 Å². The number of anilines is 2. The molecule has 2 unspecified atom stereocenters. The van der Waals surface area contributed by atoms with Gasteiger partial charge in [0.2, 0.25) is 5.95 Å². The standard InChI is InChI=1S/C25H32N6S/c1-27-22-18-7-16-8-19(22)11-25(9-16,10-18)15-30-23-20(12-26)14-29-24(31-23)28-13-17-5-3-4-6-21(17)32-2/h3-6,14,16,18-19,22,27H,7-11,13,15H2,1-2H3,(H2,28,29,30,31). The summed E-state index contributed by atoms with van der Waals surface area (Å²) in [5.74, 6) is 3.67. The van der Waals surface area contributed by atoms with Crippen molar-refractivity contribution in [2.75, 3.05) is 30.5 Å². The summed E-state index contributed by atoms with van der Waals surface area (Å²) in [4.78, 5) is 10.3. The molecule has 1 aromatic heterocycles. The molecule has 168 valence electrons. The van der Waals surface area contributed by atoms with Crippen LogP contribution < -0.4 is 16.0 Å². The number of aromatic nitrogens is 2.